The average molecular weight is 358 g/mol. The summed E-state index contributed by atoms with van der Waals surface area (Å²) in [4.78, 5) is 16.1. The largest absolute Gasteiger partial charge is 0.497 e. The van der Waals surface area contributed by atoms with Gasteiger partial charge in [-0.3, -0.25) is 9.20 Å². The quantitative estimate of drug-likeness (QED) is 0.757. The number of halogens is 1. The smallest absolute Gasteiger partial charge is 0.217 e. The lowest BCUT2D eigenvalue weighted by molar-refractivity contribution is -0.119. The zero-order valence-corrected chi connectivity index (χ0v) is 15.2. The Hall–Kier alpha value is -2.53. The van der Waals surface area contributed by atoms with Gasteiger partial charge in [-0.15, -0.1) is 0 Å². The van der Waals surface area contributed by atoms with Crippen LogP contribution in [0.4, 0.5) is 0 Å². The molecule has 3 rings (SSSR count). The summed E-state index contributed by atoms with van der Waals surface area (Å²) < 4.78 is 7.32. The van der Waals surface area contributed by atoms with E-state index in [-0.39, 0.29) is 11.9 Å². The molecule has 0 radical (unpaired) electrons. The number of fused-ring (bicyclic) bond motifs is 1. The molecular formula is C19H20ClN3O2. The standard InChI is InChI=1S/C19H20ClN3O2/c1-12(21-13(2)24)9-17-19(14-5-4-6-15(20)10-14)23-8-7-16(25-3)11-18(23)22-17/h4-8,10-12H,9H2,1-3H3,(H,21,24). The molecule has 1 unspecified atom stereocenters. The Kier molecular flexibility index (Phi) is 4.95. The minimum Gasteiger partial charge on any atom is -0.497 e. The first kappa shape index (κ1) is 17.3. The summed E-state index contributed by atoms with van der Waals surface area (Å²) >= 11 is 6.18. The predicted octanol–water partition coefficient (Wildman–Crippen LogP) is 3.73. The van der Waals surface area contributed by atoms with Gasteiger partial charge in [0.1, 0.15) is 11.4 Å². The Labute approximate surface area is 151 Å². The van der Waals surface area contributed by atoms with Gasteiger partial charge in [-0.05, 0) is 25.1 Å². The molecule has 6 heteroatoms. The lowest BCUT2D eigenvalue weighted by Gasteiger charge is -2.12. The van der Waals surface area contributed by atoms with Crippen LogP contribution in [0.15, 0.2) is 42.6 Å². The zero-order chi connectivity index (χ0) is 18.0. The number of ether oxygens (including phenoxy) is 1. The van der Waals surface area contributed by atoms with Crippen molar-refractivity contribution in [1.29, 1.82) is 0 Å². The number of benzene rings is 1. The van der Waals surface area contributed by atoms with Gasteiger partial charge in [0.05, 0.1) is 18.5 Å². The number of nitrogens with zero attached hydrogens (tertiary/aromatic N) is 2. The minimum atomic E-state index is -0.0535. The Morgan fingerprint density at radius 3 is 2.84 bits per heavy atom. The molecule has 0 aliphatic carbocycles. The second-order valence-electron chi connectivity index (χ2n) is 6.02. The fraction of sp³-hybridized carbons (Fsp3) is 0.263. The van der Waals surface area contributed by atoms with Crippen LogP contribution in [-0.2, 0) is 11.2 Å². The minimum absolute atomic E-state index is 0.0257. The fourth-order valence-electron chi connectivity index (χ4n) is 2.97. The third-order valence-corrected chi connectivity index (χ3v) is 4.19. The van der Waals surface area contributed by atoms with Crippen molar-refractivity contribution in [3.63, 3.8) is 0 Å². The highest BCUT2D eigenvalue weighted by Gasteiger charge is 2.17. The first-order valence-corrected chi connectivity index (χ1v) is 8.43. The van der Waals surface area contributed by atoms with Gasteiger partial charge in [0.15, 0.2) is 0 Å². The fourth-order valence-corrected chi connectivity index (χ4v) is 3.16. The third kappa shape index (κ3) is 3.77. The van der Waals surface area contributed by atoms with Crippen molar-refractivity contribution in [3.05, 3.63) is 53.3 Å². The van der Waals surface area contributed by atoms with E-state index < -0.39 is 0 Å². The van der Waals surface area contributed by atoms with Crippen molar-refractivity contribution in [1.82, 2.24) is 14.7 Å². The van der Waals surface area contributed by atoms with E-state index in [9.17, 15) is 4.79 Å². The number of amides is 1. The van der Waals surface area contributed by atoms with Crippen LogP contribution in [0.25, 0.3) is 16.9 Å². The molecule has 2 aromatic heterocycles. The van der Waals surface area contributed by atoms with Crippen LogP contribution >= 0.6 is 11.6 Å². The van der Waals surface area contributed by atoms with Crippen LogP contribution in [0, 0.1) is 0 Å². The Balaban J connectivity index is 2.13. The van der Waals surface area contributed by atoms with E-state index in [1.165, 1.54) is 6.92 Å². The molecule has 0 spiro atoms. The van der Waals surface area contributed by atoms with E-state index >= 15 is 0 Å². The van der Waals surface area contributed by atoms with Gasteiger partial charge in [-0.2, -0.15) is 0 Å². The number of imidazole rings is 1. The third-order valence-electron chi connectivity index (χ3n) is 3.95. The molecule has 130 valence electrons. The molecule has 0 fully saturated rings. The second kappa shape index (κ2) is 7.15. The molecule has 3 aromatic rings. The summed E-state index contributed by atoms with van der Waals surface area (Å²) in [7, 11) is 1.63. The molecule has 25 heavy (non-hydrogen) atoms. The monoisotopic (exact) mass is 357 g/mol. The molecule has 0 aliphatic heterocycles. The Morgan fingerprint density at radius 1 is 1.36 bits per heavy atom. The Morgan fingerprint density at radius 2 is 2.16 bits per heavy atom. The van der Waals surface area contributed by atoms with Crippen LogP contribution in [0.1, 0.15) is 19.5 Å². The van der Waals surface area contributed by atoms with Crippen molar-refractivity contribution < 1.29 is 9.53 Å². The molecule has 1 atom stereocenters. The van der Waals surface area contributed by atoms with Crippen LogP contribution in [0.5, 0.6) is 5.75 Å². The number of hydrogen-bond donors (Lipinski definition) is 1. The summed E-state index contributed by atoms with van der Waals surface area (Å²) in [5.74, 6) is 0.693. The van der Waals surface area contributed by atoms with Crippen LogP contribution in [0.2, 0.25) is 5.02 Å². The number of carbonyl (C=O) groups is 1. The van der Waals surface area contributed by atoms with Gasteiger partial charge in [0.25, 0.3) is 0 Å². The maximum atomic E-state index is 11.3. The second-order valence-corrected chi connectivity index (χ2v) is 6.45. The summed E-state index contributed by atoms with van der Waals surface area (Å²) in [6.07, 6.45) is 2.55. The highest BCUT2D eigenvalue weighted by Crippen LogP contribution is 2.29. The van der Waals surface area contributed by atoms with E-state index in [2.05, 4.69) is 5.32 Å². The lowest BCUT2D eigenvalue weighted by atomic mass is 10.1. The van der Waals surface area contributed by atoms with E-state index in [4.69, 9.17) is 21.3 Å². The highest BCUT2D eigenvalue weighted by molar-refractivity contribution is 6.30. The molecule has 5 nitrogen and oxygen atoms in total. The molecular weight excluding hydrogens is 338 g/mol. The van der Waals surface area contributed by atoms with Crippen molar-refractivity contribution in [2.45, 2.75) is 26.3 Å². The molecule has 0 saturated carbocycles. The zero-order valence-electron chi connectivity index (χ0n) is 14.4. The first-order valence-electron chi connectivity index (χ1n) is 8.06. The number of carbonyl (C=O) groups excluding carboxylic acids is 1. The molecule has 1 amide bonds. The maximum absolute atomic E-state index is 11.3. The molecule has 0 saturated heterocycles. The van der Waals surface area contributed by atoms with Crippen LogP contribution in [0.3, 0.4) is 0 Å². The van der Waals surface area contributed by atoms with Crippen molar-refractivity contribution in [2.75, 3.05) is 7.11 Å². The topological polar surface area (TPSA) is 55.6 Å². The van der Waals surface area contributed by atoms with Crippen molar-refractivity contribution >= 4 is 23.2 Å². The van der Waals surface area contributed by atoms with Gasteiger partial charge < -0.3 is 10.1 Å². The number of pyridine rings is 1. The van der Waals surface area contributed by atoms with Gasteiger partial charge in [0.2, 0.25) is 5.91 Å². The number of hydrogen-bond acceptors (Lipinski definition) is 3. The van der Waals surface area contributed by atoms with E-state index in [0.717, 1.165) is 28.3 Å². The molecule has 0 aliphatic rings. The van der Waals surface area contributed by atoms with Gasteiger partial charge in [-0.1, -0.05) is 23.7 Å². The van der Waals surface area contributed by atoms with E-state index in [0.29, 0.717) is 11.4 Å². The normalized spacial score (nSPS) is 12.2. The number of methoxy groups -OCH3 is 1. The van der Waals surface area contributed by atoms with Crippen molar-refractivity contribution in [2.24, 2.45) is 0 Å². The molecule has 2 heterocycles. The van der Waals surface area contributed by atoms with Crippen LogP contribution < -0.4 is 10.1 Å². The molecule has 1 aromatic carbocycles. The molecule has 1 N–H and O–H groups in total. The first-order chi connectivity index (χ1) is 12.0. The van der Waals surface area contributed by atoms with Gasteiger partial charge >= 0.3 is 0 Å². The van der Waals surface area contributed by atoms with Crippen LogP contribution in [-0.4, -0.2) is 28.4 Å². The highest BCUT2D eigenvalue weighted by atomic mass is 35.5. The Bertz CT molecular complexity index is 920. The summed E-state index contributed by atoms with van der Waals surface area (Å²) in [5, 5.41) is 3.58. The number of rotatable bonds is 5. The van der Waals surface area contributed by atoms with Gasteiger partial charge in [-0.25, -0.2) is 4.98 Å². The summed E-state index contributed by atoms with van der Waals surface area (Å²) in [6.45, 7) is 3.48. The summed E-state index contributed by atoms with van der Waals surface area (Å²) in [5.41, 5.74) is 3.64. The van der Waals surface area contributed by atoms with E-state index in [1.807, 2.05) is 53.9 Å². The van der Waals surface area contributed by atoms with Gasteiger partial charge in [0, 0.05) is 42.2 Å². The average Bonchev–Trinajstić information content (AvgIpc) is 2.90. The number of nitrogens with one attached hydrogen (secondary N) is 1. The number of aromatic nitrogens is 2. The predicted molar refractivity (Wildman–Crippen MR) is 99.2 cm³/mol. The SMILES string of the molecule is COc1ccn2c(-c3cccc(Cl)c3)c(CC(C)NC(C)=O)nc2c1. The molecule has 0 bridgehead atoms. The lowest BCUT2D eigenvalue weighted by Crippen LogP contribution is -2.32. The van der Waals surface area contributed by atoms with Crippen molar-refractivity contribution in [3.8, 4) is 17.0 Å². The van der Waals surface area contributed by atoms with E-state index in [1.54, 1.807) is 7.11 Å². The summed E-state index contributed by atoms with van der Waals surface area (Å²) in [6, 6.07) is 11.4. The maximum Gasteiger partial charge on any atom is 0.217 e.